The van der Waals surface area contributed by atoms with Crippen LogP contribution in [0, 0.1) is 6.92 Å². The fourth-order valence-corrected chi connectivity index (χ4v) is 3.79. The molecule has 0 spiro atoms. The highest BCUT2D eigenvalue weighted by Gasteiger charge is 2.20. The van der Waals surface area contributed by atoms with Crippen LogP contribution in [0.1, 0.15) is 5.56 Å². The first-order valence-electron chi connectivity index (χ1n) is 9.51. The Labute approximate surface area is 160 Å². The van der Waals surface area contributed by atoms with Crippen LogP contribution in [0.5, 0.6) is 0 Å². The van der Waals surface area contributed by atoms with E-state index in [2.05, 4.69) is 58.4 Å². The molecule has 0 bridgehead atoms. The third-order valence-electron chi connectivity index (χ3n) is 5.26. The lowest BCUT2D eigenvalue weighted by Gasteiger charge is -2.36. The Kier molecular flexibility index (Phi) is 5.07. The van der Waals surface area contributed by atoms with Gasteiger partial charge in [0, 0.05) is 42.9 Å². The zero-order chi connectivity index (χ0) is 18.6. The van der Waals surface area contributed by atoms with Crippen LogP contribution >= 0.6 is 0 Å². The quantitative estimate of drug-likeness (QED) is 0.767. The Morgan fingerprint density at radius 2 is 1.59 bits per heavy atom. The predicted molar refractivity (Wildman–Crippen MR) is 112 cm³/mol. The lowest BCUT2D eigenvalue weighted by molar-refractivity contribution is -0.117. The number of hydrogen-bond donors (Lipinski definition) is 1. The molecule has 0 saturated carbocycles. The number of para-hydroxylation sites is 1. The van der Waals surface area contributed by atoms with Crippen LogP contribution in [0.25, 0.3) is 10.8 Å². The molecule has 1 saturated heterocycles. The summed E-state index contributed by atoms with van der Waals surface area (Å²) >= 11 is 0. The second kappa shape index (κ2) is 7.80. The number of rotatable bonds is 4. The molecule has 1 aliphatic heterocycles. The van der Waals surface area contributed by atoms with Crippen LogP contribution in [0.4, 0.5) is 11.4 Å². The summed E-state index contributed by atoms with van der Waals surface area (Å²) in [5, 5.41) is 5.31. The zero-order valence-electron chi connectivity index (χ0n) is 15.7. The summed E-state index contributed by atoms with van der Waals surface area (Å²) < 4.78 is 0. The average molecular weight is 359 g/mol. The molecule has 1 fully saturated rings. The first-order chi connectivity index (χ1) is 13.2. The fourth-order valence-electron chi connectivity index (χ4n) is 3.79. The topological polar surface area (TPSA) is 35.6 Å². The van der Waals surface area contributed by atoms with E-state index < -0.39 is 0 Å². The molecule has 0 radical (unpaired) electrons. The van der Waals surface area contributed by atoms with Gasteiger partial charge < -0.3 is 10.2 Å². The van der Waals surface area contributed by atoms with Gasteiger partial charge in [-0.1, -0.05) is 54.6 Å². The standard InChI is InChI=1S/C23H25N3O/c1-18-7-2-5-12-22(18)26-15-13-25(14-16-26)17-23(27)24-21-11-6-9-19-8-3-4-10-20(19)21/h2-12H,13-17H2,1H3,(H,24,27). The highest BCUT2D eigenvalue weighted by Crippen LogP contribution is 2.23. The van der Waals surface area contributed by atoms with E-state index in [-0.39, 0.29) is 5.91 Å². The Bertz CT molecular complexity index is 940. The number of nitrogens with one attached hydrogen (secondary N) is 1. The average Bonchev–Trinajstić information content (AvgIpc) is 2.69. The molecule has 4 nitrogen and oxygen atoms in total. The molecule has 3 aromatic rings. The molecular weight excluding hydrogens is 334 g/mol. The number of fused-ring (bicyclic) bond motifs is 1. The SMILES string of the molecule is Cc1ccccc1N1CCN(CC(=O)Nc2cccc3ccccc23)CC1. The minimum Gasteiger partial charge on any atom is -0.369 e. The molecular formula is C23H25N3O. The van der Waals surface area contributed by atoms with E-state index in [4.69, 9.17) is 0 Å². The van der Waals surface area contributed by atoms with Gasteiger partial charge >= 0.3 is 0 Å². The molecule has 1 amide bonds. The number of anilines is 2. The zero-order valence-corrected chi connectivity index (χ0v) is 15.7. The van der Waals surface area contributed by atoms with Gasteiger partial charge in [0.05, 0.1) is 6.54 Å². The van der Waals surface area contributed by atoms with Crippen molar-refractivity contribution in [3.63, 3.8) is 0 Å². The second-order valence-corrected chi connectivity index (χ2v) is 7.12. The summed E-state index contributed by atoms with van der Waals surface area (Å²) in [6.07, 6.45) is 0. The van der Waals surface area contributed by atoms with Crippen molar-refractivity contribution in [1.82, 2.24) is 4.90 Å². The smallest absolute Gasteiger partial charge is 0.238 e. The highest BCUT2D eigenvalue weighted by atomic mass is 16.2. The van der Waals surface area contributed by atoms with Crippen molar-refractivity contribution in [1.29, 1.82) is 0 Å². The molecule has 1 N–H and O–H groups in total. The highest BCUT2D eigenvalue weighted by molar-refractivity contribution is 6.02. The largest absolute Gasteiger partial charge is 0.369 e. The summed E-state index contributed by atoms with van der Waals surface area (Å²) in [7, 11) is 0. The number of carbonyl (C=O) groups is 1. The minimum absolute atomic E-state index is 0.0516. The molecule has 0 aromatic heterocycles. The summed E-state index contributed by atoms with van der Waals surface area (Å²) in [5.41, 5.74) is 3.49. The molecule has 27 heavy (non-hydrogen) atoms. The minimum atomic E-state index is 0.0516. The normalized spacial score (nSPS) is 15.1. The fraction of sp³-hybridized carbons (Fsp3) is 0.261. The monoisotopic (exact) mass is 359 g/mol. The first-order valence-corrected chi connectivity index (χ1v) is 9.51. The van der Waals surface area contributed by atoms with Gasteiger partial charge in [-0.3, -0.25) is 9.69 Å². The van der Waals surface area contributed by atoms with Crippen molar-refractivity contribution >= 4 is 28.1 Å². The van der Waals surface area contributed by atoms with Gasteiger partial charge in [0.25, 0.3) is 0 Å². The van der Waals surface area contributed by atoms with Crippen LogP contribution in [-0.4, -0.2) is 43.5 Å². The van der Waals surface area contributed by atoms with Crippen LogP contribution < -0.4 is 10.2 Å². The van der Waals surface area contributed by atoms with Crippen LogP contribution in [-0.2, 0) is 4.79 Å². The number of hydrogen-bond acceptors (Lipinski definition) is 3. The Balaban J connectivity index is 1.35. The van der Waals surface area contributed by atoms with Gasteiger partial charge in [-0.25, -0.2) is 0 Å². The lowest BCUT2D eigenvalue weighted by Crippen LogP contribution is -2.48. The van der Waals surface area contributed by atoms with E-state index >= 15 is 0 Å². The van der Waals surface area contributed by atoms with Gasteiger partial charge in [0.2, 0.25) is 5.91 Å². The molecule has 1 aliphatic rings. The van der Waals surface area contributed by atoms with E-state index in [1.807, 2.05) is 30.3 Å². The molecule has 1 heterocycles. The Morgan fingerprint density at radius 1 is 0.889 bits per heavy atom. The number of benzene rings is 3. The maximum Gasteiger partial charge on any atom is 0.238 e. The van der Waals surface area contributed by atoms with Crippen molar-refractivity contribution in [3.05, 3.63) is 72.3 Å². The Hall–Kier alpha value is -2.85. The molecule has 0 aliphatic carbocycles. The summed E-state index contributed by atoms with van der Waals surface area (Å²) in [6, 6.07) is 22.6. The van der Waals surface area contributed by atoms with Gasteiger partial charge in [0.1, 0.15) is 0 Å². The van der Waals surface area contributed by atoms with Gasteiger partial charge in [-0.15, -0.1) is 0 Å². The van der Waals surface area contributed by atoms with E-state index in [1.165, 1.54) is 11.3 Å². The number of aryl methyl sites for hydroxylation is 1. The number of amides is 1. The summed E-state index contributed by atoms with van der Waals surface area (Å²) in [6.45, 7) is 6.29. The Morgan fingerprint density at radius 3 is 2.41 bits per heavy atom. The van der Waals surface area contributed by atoms with E-state index in [0.717, 1.165) is 42.6 Å². The third kappa shape index (κ3) is 3.96. The molecule has 138 valence electrons. The second-order valence-electron chi connectivity index (χ2n) is 7.12. The molecule has 4 rings (SSSR count). The summed E-state index contributed by atoms with van der Waals surface area (Å²) in [5.74, 6) is 0.0516. The molecule has 4 heteroatoms. The van der Waals surface area contributed by atoms with Crippen LogP contribution in [0.3, 0.4) is 0 Å². The van der Waals surface area contributed by atoms with Crippen LogP contribution in [0.2, 0.25) is 0 Å². The molecule has 0 atom stereocenters. The van der Waals surface area contributed by atoms with Crippen molar-refractivity contribution in [3.8, 4) is 0 Å². The van der Waals surface area contributed by atoms with Crippen molar-refractivity contribution in [2.75, 3.05) is 42.9 Å². The number of carbonyl (C=O) groups excluding carboxylic acids is 1. The predicted octanol–water partition coefficient (Wildman–Crippen LogP) is 3.91. The van der Waals surface area contributed by atoms with Crippen molar-refractivity contribution in [2.45, 2.75) is 6.92 Å². The maximum atomic E-state index is 12.6. The van der Waals surface area contributed by atoms with E-state index in [9.17, 15) is 4.79 Å². The number of nitrogens with zero attached hydrogens (tertiary/aromatic N) is 2. The maximum absolute atomic E-state index is 12.6. The van der Waals surface area contributed by atoms with Crippen molar-refractivity contribution < 1.29 is 4.79 Å². The van der Waals surface area contributed by atoms with Gasteiger partial charge in [0.15, 0.2) is 0 Å². The van der Waals surface area contributed by atoms with E-state index in [0.29, 0.717) is 6.54 Å². The molecule has 0 unspecified atom stereocenters. The third-order valence-corrected chi connectivity index (χ3v) is 5.26. The summed E-state index contributed by atoms with van der Waals surface area (Å²) in [4.78, 5) is 17.2. The van der Waals surface area contributed by atoms with Crippen LogP contribution in [0.15, 0.2) is 66.7 Å². The van der Waals surface area contributed by atoms with Crippen molar-refractivity contribution in [2.24, 2.45) is 0 Å². The van der Waals surface area contributed by atoms with Gasteiger partial charge in [-0.05, 0) is 30.0 Å². The number of piperazine rings is 1. The lowest BCUT2D eigenvalue weighted by atomic mass is 10.1. The molecule has 3 aromatic carbocycles. The first kappa shape index (κ1) is 17.6. The van der Waals surface area contributed by atoms with E-state index in [1.54, 1.807) is 0 Å². The van der Waals surface area contributed by atoms with Gasteiger partial charge in [-0.2, -0.15) is 0 Å².